The molecule has 1 amide bonds. The van der Waals surface area contributed by atoms with Gasteiger partial charge in [-0.25, -0.2) is 0 Å². The Morgan fingerprint density at radius 3 is 2.46 bits per heavy atom. The average molecular weight is 420 g/mol. The second kappa shape index (κ2) is 9.62. The lowest BCUT2D eigenvalue weighted by Gasteiger charge is -2.16. The van der Waals surface area contributed by atoms with Crippen molar-refractivity contribution in [1.82, 2.24) is 0 Å². The predicted octanol–water partition coefficient (Wildman–Crippen LogP) is 5.62. The largest absolute Gasteiger partial charge is 0.491 e. The van der Waals surface area contributed by atoms with Crippen LogP contribution >= 0.6 is 15.9 Å². The van der Waals surface area contributed by atoms with Gasteiger partial charge in [0.1, 0.15) is 11.5 Å². The number of nitrogens with one attached hydrogen (secondary N) is 1. The first-order valence-corrected chi connectivity index (χ1v) is 9.60. The van der Waals surface area contributed by atoms with E-state index in [-0.39, 0.29) is 12.5 Å². The lowest BCUT2D eigenvalue weighted by atomic mass is 10.0. The van der Waals surface area contributed by atoms with E-state index in [1.807, 2.05) is 42.5 Å². The molecule has 140 valence electrons. The summed E-state index contributed by atoms with van der Waals surface area (Å²) in [5, 5.41) is 2.87. The molecule has 0 aliphatic carbocycles. The number of rotatable bonds is 8. The summed E-state index contributed by atoms with van der Waals surface area (Å²) >= 11 is 3.47. The molecule has 4 nitrogen and oxygen atoms in total. The molecule has 0 heterocycles. The number of carbonyl (C=O) groups is 1. The van der Waals surface area contributed by atoms with Crippen molar-refractivity contribution in [3.05, 3.63) is 52.5 Å². The Kier molecular flexibility index (Phi) is 7.51. The number of hydrogen-bond donors (Lipinski definition) is 1. The van der Waals surface area contributed by atoms with Gasteiger partial charge in [-0.1, -0.05) is 55.8 Å². The maximum absolute atomic E-state index is 12.3. The van der Waals surface area contributed by atoms with Crippen LogP contribution < -0.4 is 14.8 Å². The summed E-state index contributed by atoms with van der Waals surface area (Å²) in [6, 6.07) is 13.2. The fourth-order valence-corrected chi connectivity index (χ4v) is 2.76. The van der Waals surface area contributed by atoms with E-state index in [1.54, 1.807) is 0 Å². The summed E-state index contributed by atoms with van der Waals surface area (Å²) in [6.45, 7) is 8.90. The molecule has 0 aliphatic heterocycles. The van der Waals surface area contributed by atoms with Gasteiger partial charge in [0.15, 0.2) is 6.61 Å². The van der Waals surface area contributed by atoms with Crippen molar-refractivity contribution in [3.8, 4) is 11.5 Å². The highest BCUT2D eigenvalue weighted by molar-refractivity contribution is 9.10. The third-order valence-electron chi connectivity index (χ3n) is 3.69. The van der Waals surface area contributed by atoms with Crippen LogP contribution in [-0.2, 0) is 4.79 Å². The molecule has 0 aromatic heterocycles. The number of benzene rings is 2. The minimum Gasteiger partial charge on any atom is -0.491 e. The lowest BCUT2D eigenvalue weighted by Crippen LogP contribution is -2.21. The van der Waals surface area contributed by atoms with Crippen LogP contribution in [0.4, 0.5) is 5.69 Å². The Bertz CT molecular complexity index is 744. The molecule has 0 radical (unpaired) electrons. The second-order valence-corrected chi connectivity index (χ2v) is 7.79. The zero-order valence-electron chi connectivity index (χ0n) is 15.7. The molecule has 0 fully saturated rings. The predicted molar refractivity (Wildman–Crippen MR) is 109 cm³/mol. The van der Waals surface area contributed by atoms with Gasteiger partial charge in [0.25, 0.3) is 5.91 Å². The molecule has 0 bridgehead atoms. The summed E-state index contributed by atoms with van der Waals surface area (Å²) in [5.74, 6) is 1.89. The Labute approximate surface area is 164 Å². The highest BCUT2D eigenvalue weighted by Crippen LogP contribution is 2.30. The van der Waals surface area contributed by atoms with E-state index in [1.165, 1.54) is 0 Å². The highest BCUT2D eigenvalue weighted by atomic mass is 79.9. The normalized spacial score (nSPS) is 10.9. The molecule has 0 saturated heterocycles. The molecule has 0 aliphatic rings. The minimum atomic E-state index is -0.219. The standard InChI is InChI=1S/C21H26BrNO3/c1-14(2)12-25-20-8-6-5-7-18(20)23-21(24)13-26-19-10-9-16(22)11-17(19)15(3)4/h5-11,14-15H,12-13H2,1-4H3,(H,23,24). The second-order valence-electron chi connectivity index (χ2n) is 6.87. The highest BCUT2D eigenvalue weighted by Gasteiger charge is 2.12. The molecule has 5 heteroatoms. The first-order valence-electron chi connectivity index (χ1n) is 8.80. The van der Waals surface area contributed by atoms with Gasteiger partial charge in [0, 0.05) is 4.47 Å². The van der Waals surface area contributed by atoms with E-state index < -0.39 is 0 Å². The molecule has 2 aromatic carbocycles. The zero-order valence-corrected chi connectivity index (χ0v) is 17.3. The number of anilines is 1. The van der Waals surface area contributed by atoms with E-state index in [9.17, 15) is 4.79 Å². The Hall–Kier alpha value is -2.01. The topological polar surface area (TPSA) is 47.6 Å². The Balaban J connectivity index is 2.00. The third kappa shape index (κ3) is 6.06. The first-order chi connectivity index (χ1) is 12.4. The SMILES string of the molecule is CC(C)COc1ccccc1NC(=O)COc1ccc(Br)cc1C(C)C. The molecule has 0 atom stereocenters. The van der Waals surface area contributed by atoms with Gasteiger partial charge in [0.2, 0.25) is 0 Å². The number of para-hydroxylation sites is 2. The monoisotopic (exact) mass is 419 g/mol. The summed E-state index contributed by atoms with van der Waals surface area (Å²) in [5.41, 5.74) is 1.72. The van der Waals surface area contributed by atoms with Gasteiger partial charge < -0.3 is 14.8 Å². The van der Waals surface area contributed by atoms with E-state index in [0.717, 1.165) is 15.8 Å². The maximum Gasteiger partial charge on any atom is 0.262 e. The zero-order chi connectivity index (χ0) is 19.1. The molecule has 0 saturated carbocycles. The van der Waals surface area contributed by atoms with Crippen LogP contribution in [-0.4, -0.2) is 19.1 Å². The maximum atomic E-state index is 12.3. The van der Waals surface area contributed by atoms with Gasteiger partial charge in [-0.05, 0) is 47.7 Å². The van der Waals surface area contributed by atoms with E-state index in [0.29, 0.717) is 29.9 Å². The molecule has 0 spiro atoms. The van der Waals surface area contributed by atoms with Gasteiger partial charge in [-0.15, -0.1) is 0 Å². The minimum absolute atomic E-state index is 0.0557. The van der Waals surface area contributed by atoms with Crippen LogP contribution in [0.1, 0.15) is 39.2 Å². The van der Waals surface area contributed by atoms with Crippen molar-refractivity contribution in [2.45, 2.75) is 33.6 Å². The van der Waals surface area contributed by atoms with Crippen molar-refractivity contribution in [1.29, 1.82) is 0 Å². The smallest absolute Gasteiger partial charge is 0.262 e. The van der Waals surface area contributed by atoms with Crippen LogP contribution in [0.25, 0.3) is 0 Å². The van der Waals surface area contributed by atoms with Crippen molar-refractivity contribution < 1.29 is 14.3 Å². The van der Waals surface area contributed by atoms with Crippen LogP contribution in [0, 0.1) is 5.92 Å². The van der Waals surface area contributed by atoms with E-state index >= 15 is 0 Å². The number of halogens is 1. The third-order valence-corrected chi connectivity index (χ3v) is 4.18. The molecule has 0 unspecified atom stereocenters. The average Bonchev–Trinajstić information content (AvgIpc) is 2.59. The number of amides is 1. The summed E-state index contributed by atoms with van der Waals surface area (Å²) in [4.78, 5) is 12.3. The number of carbonyl (C=O) groups excluding carboxylic acids is 1. The van der Waals surface area contributed by atoms with Crippen LogP contribution in [0.2, 0.25) is 0 Å². The molecule has 2 rings (SSSR count). The van der Waals surface area contributed by atoms with Crippen LogP contribution in [0.5, 0.6) is 11.5 Å². The van der Waals surface area contributed by atoms with Gasteiger partial charge in [0.05, 0.1) is 12.3 Å². The Morgan fingerprint density at radius 2 is 1.77 bits per heavy atom. The molecular weight excluding hydrogens is 394 g/mol. The van der Waals surface area contributed by atoms with Crippen molar-refractivity contribution in [2.75, 3.05) is 18.5 Å². The van der Waals surface area contributed by atoms with Crippen molar-refractivity contribution in [2.24, 2.45) is 5.92 Å². The number of hydrogen-bond acceptors (Lipinski definition) is 3. The van der Waals surface area contributed by atoms with Crippen molar-refractivity contribution in [3.63, 3.8) is 0 Å². The summed E-state index contributed by atoms with van der Waals surface area (Å²) in [7, 11) is 0. The van der Waals surface area contributed by atoms with Crippen molar-refractivity contribution >= 4 is 27.5 Å². The van der Waals surface area contributed by atoms with Gasteiger partial charge in [-0.3, -0.25) is 4.79 Å². The van der Waals surface area contributed by atoms with Crippen LogP contribution in [0.3, 0.4) is 0 Å². The van der Waals surface area contributed by atoms with Gasteiger partial charge >= 0.3 is 0 Å². The lowest BCUT2D eigenvalue weighted by molar-refractivity contribution is -0.118. The molecule has 1 N–H and O–H groups in total. The fraction of sp³-hybridized carbons (Fsp3) is 0.381. The van der Waals surface area contributed by atoms with E-state index in [2.05, 4.69) is 48.9 Å². The molecule has 26 heavy (non-hydrogen) atoms. The Morgan fingerprint density at radius 1 is 1.04 bits per heavy atom. The molecule has 2 aromatic rings. The number of ether oxygens (including phenoxy) is 2. The van der Waals surface area contributed by atoms with Crippen LogP contribution in [0.15, 0.2) is 46.9 Å². The van der Waals surface area contributed by atoms with E-state index in [4.69, 9.17) is 9.47 Å². The van der Waals surface area contributed by atoms with Gasteiger partial charge in [-0.2, -0.15) is 0 Å². The first kappa shape index (κ1) is 20.3. The quantitative estimate of drug-likeness (QED) is 0.603. The summed E-state index contributed by atoms with van der Waals surface area (Å²) in [6.07, 6.45) is 0. The summed E-state index contributed by atoms with van der Waals surface area (Å²) < 4.78 is 12.5. The fourth-order valence-electron chi connectivity index (χ4n) is 2.38. The molecular formula is C21H26BrNO3.